The van der Waals surface area contributed by atoms with Crippen molar-refractivity contribution in [1.82, 2.24) is 0 Å². The van der Waals surface area contributed by atoms with Crippen molar-refractivity contribution >= 4 is 5.97 Å². The molecular weight excluding hydrogens is 232 g/mol. The highest BCUT2D eigenvalue weighted by molar-refractivity contribution is 5.77. The number of aliphatic hydroxyl groups is 1. The van der Waals surface area contributed by atoms with Crippen LogP contribution in [0.4, 0.5) is 0 Å². The monoisotopic (exact) mass is 258 g/mol. The fourth-order valence-electron chi connectivity index (χ4n) is 3.25. The van der Waals surface area contributed by atoms with Crippen LogP contribution in [0.2, 0.25) is 0 Å². The first kappa shape index (κ1) is 15.4. The molecule has 1 fully saturated rings. The molecule has 1 aliphatic rings. The first-order valence-corrected chi connectivity index (χ1v) is 6.67. The number of carboxylic acid groups (broad SMARTS) is 1. The molecule has 4 atom stereocenters. The Bertz CT molecular complexity index is 311. The Balaban J connectivity index is 2.96. The maximum atomic E-state index is 11.7. The molecule has 4 unspecified atom stereocenters. The molecule has 4 nitrogen and oxygen atoms in total. The molecule has 0 aliphatic heterocycles. The van der Waals surface area contributed by atoms with E-state index in [9.17, 15) is 15.0 Å². The molecule has 106 valence electrons. The van der Waals surface area contributed by atoms with E-state index in [0.717, 1.165) is 6.42 Å². The third-order valence-corrected chi connectivity index (χ3v) is 3.82. The Kier molecular flexibility index (Phi) is 4.44. The van der Waals surface area contributed by atoms with Gasteiger partial charge in [-0.15, -0.1) is 0 Å². The maximum absolute atomic E-state index is 11.7. The zero-order valence-electron chi connectivity index (χ0n) is 12.1. The lowest BCUT2D eigenvalue weighted by Crippen LogP contribution is -2.52. The summed E-state index contributed by atoms with van der Waals surface area (Å²) in [6.45, 7) is 9.57. The second-order valence-corrected chi connectivity index (χ2v) is 6.72. The summed E-state index contributed by atoms with van der Waals surface area (Å²) in [6.07, 6.45) is 0.886. The summed E-state index contributed by atoms with van der Waals surface area (Å²) in [5.74, 6) is -0.597. The van der Waals surface area contributed by atoms with Gasteiger partial charge >= 0.3 is 5.97 Å². The fourth-order valence-corrected chi connectivity index (χ4v) is 3.25. The van der Waals surface area contributed by atoms with Gasteiger partial charge in [0.05, 0.1) is 12.2 Å². The molecule has 2 N–H and O–H groups in total. The lowest BCUT2D eigenvalue weighted by atomic mass is 9.65. The van der Waals surface area contributed by atoms with Crippen molar-refractivity contribution in [1.29, 1.82) is 0 Å². The van der Waals surface area contributed by atoms with E-state index in [4.69, 9.17) is 4.74 Å². The van der Waals surface area contributed by atoms with Gasteiger partial charge in [0.1, 0.15) is 0 Å². The minimum absolute atomic E-state index is 0.0472. The predicted octanol–water partition coefficient (Wildman–Crippen LogP) is 2.44. The van der Waals surface area contributed by atoms with Gasteiger partial charge in [-0.2, -0.15) is 0 Å². The van der Waals surface area contributed by atoms with Crippen LogP contribution in [0.15, 0.2) is 0 Å². The Morgan fingerprint density at radius 1 is 1.33 bits per heavy atom. The minimum Gasteiger partial charge on any atom is -0.479 e. The van der Waals surface area contributed by atoms with Gasteiger partial charge < -0.3 is 14.9 Å². The van der Waals surface area contributed by atoms with Crippen LogP contribution < -0.4 is 0 Å². The number of carbonyl (C=O) groups is 1. The SMILES string of the molecule is CC1CC(C)(C)CC(OC(C)C(C)O)(C(=O)O)C1. The molecule has 0 aromatic rings. The molecule has 0 heterocycles. The number of aliphatic hydroxyl groups excluding tert-OH is 1. The minimum atomic E-state index is -1.16. The number of rotatable bonds is 4. The second kappa shape index (κ2) is 5.17. The summed E-state index contributed by atoms with van der Waals surface area (Å²) in [5, 5.41) is 19.1. The highest BCUT2D eigenvalue weighted by Gasteiger charge is 2.50. The number of carboxylic acids is 1. The van der Waals surface area contributed by atoms with E-state index in [1.807, 2.05) is 0 Å². The molecule has 0 spiro atoms. The largest absolute Gasteiger partial charge is 0.479 e. The molecule has 0 saturated heterocycles. The van der Waals surface area contributed by atoms with Gasteiger partial charge in [-0.3, -0.25) is 0 Å². The zero-order valence-corrected chi connectivity index (χ0v) is 12.1. The van der Waals surface area contributed by atoms with E-state index in [1.165, 1.54) is 0 Å². The third kappa shape index (κ3) is 3.45. The summed E-state index contributed by atoms with van der Waals surface area (Å²) >= 11 is 0. The first-order valence-electron chi connectivity index (χ1n) is 6.67. The highest BCUT2D eigenvalue weighted by atomic mass is 16.5. The Morgan fingerprint density at radius 3 is 2.28 bits per heavy atom. The molecule has 0 bridgehead atoms. The van der Waals surface area contributed by atoms with Gasteiger partial charge in [-0.1, -0.05) is 20.8 Å². The molecule has 0 aromatic carbocycles. The third-order valence-electron chi connectivity index (χ3n) is 3.82. The van der Waals surface area contributed by atoms with E-state index in [1.54, 1.807) is 13.8 Å². The molecule has 18 heavy (non-hydrogen) atoms. The van der Waals surface area contributed by atoms with E-state index in [-0.39, 0.29) is 5.41 Å². The van der Waals surface area contributed by atoms with Crippen molar-refractivity contribution in [3.63, 3.8) is 0 Å². The Hall–Kier alpha value is -0.610. The molecule has 0 amide bonds. The van der Waals surface area contributed by atoms with Gasteiger partial charge in [0.2, 0.25) is 0 Å². The molecule has 4 heteroatoms. The quantitative estimate of drug-likeness (QED) is 0.812. The molecule has 0 aromatic heterocycles. The van der Waals surface area contributed by atoms with Crippen molar-refractivity contribution in [2.24, 2.45) is 11.3 Å². The Labute approximate surface area is 109 Å². The number of hydrogen-bond acceptors (Lipinski definition) is 3. The van der Waals surface area contributed by atoms with Crippen LogP contribution in [0.5, 0.6) is 0 Å². The fraction of sp³-hybridized carbons (Fsp3) is 0.929. The predicted molar refractivity (Wildman–Crippen MR) is 69.4 cm³/mol. The van der Waals surface area contributed by atoms with E-state index in [0.29, 0.717) is 18.8 Å². The Morgan fingerprint density at radius 2 is 1.89 bits per heavy atom. The molecule has 1 saturated carbocycles. The summed E-state index contributed by atoms with van der Waals surface area (Å²) < 4.78 is 5.76. The normalized spacial score (nSPS) is 34.9. The zero-order chi connectivity index (χ0) is 14.1. The average Bonchev–Trinajstić information content (AvgIpc) is 2.13. The van der Waals surface area contributed by atoms with Crippen LogP contribution >= 0.6 is 0 Å². The van der Waals surface area contributed by atoms with Crippen LogP contribution in [0, 0.1) is 11.3 Å². The number of aliphatic carboxylic acids is 1. The van der Waals surface area contributed by atoms with Crippen LogP contribution in [0.1, 0.15) is 53.9 Å². The van der Waals surface area contributed by atoms with Crippen molar-refractivity contribution in [3.05, 3.63) is 0 Å². The maximum Gasteiger partial charge on any atom is 0.336 e. The second-order valence-electron chi connectivity index (χ2n) is 6.72. The summed E-state index contributed by atoms with van der Waals surface area (Å²) in [7, 11) is 0. The average molecular weight is 258 g/mol. The lowest BCUT2D eigenvalue weighted by Gasteiger charge is -2.46. The molecule has 1 rings (SSSR count). The smallest absolute Gasteiger partial charge is 0.336 e. The summed E-state index contributed by atoms with van der Waals surface area (Å²) in [5.41, 5.74) is -1.20. The van der Waals surface area contributed by atoms with Crippen molar-refractivity contribution in [2.75, 3.05) is 0 Å². The highest BCUT2D eigenvalue weighted by Crippen LogP contribution is 2.46. The van der Waals surface area contributed by atoms with Crippen LogP contribution in [-0.4, -0.2) is 34.0 Å². The van der Waals surface area contributed by atoms with Crippen molar-refractivity contribution in [3.8, 4) is 0 Å². The van der Waals surface area contributed by atoms with Crippen LogP contribution in [0.25, 0.3) is 0 Å². The van der Waals surface area contributed by atoms with E-state index < -0.39 is 23.8 Å². The molecule has 1 aliphatic carbocycles. The van der Waals surface area contributed by atoms with Crippen LogP contribution in [0.3, 0.4) is 0 Å². The first-order chi connectivity index (χ1) is 8.08. The standard InChI is InChI=1S/C14H26O4/c1-9-6-13(4,5)8-14(7-9,12(16)17)18-11(3)10(2)15/h9-11,15H,6-8H2,1-5H3,(H,16,17). The lowest BCUT2D eigenvalue weighted by molar-refractivity contribution is -0.197. The van der Waals surface area contributed by atoms with Gasteiger partial charge in [0, 0.05) is 0 Å². The van der Waals surface area contributed by atoms with Gasteiger partial charge in [0.25, 0.3) is 0 Å². The van der Waals surface area contributed by atoms with E-state index >= 15 is 0 Å². The summed E-state index contributed by atoms with van der Waals surface area (Å²) in [4.78, 5) is 11.7. The van der Waals surface area contributed by atoms with Gasteiger partial charge in [-0.05, 0) is 44.4 Å². The van der Waals surface area contributed by atoms with Crippen molar-refractivity contribution < 1.29 is 19.7 Å². The van der Waals surface area contributed by atoms with Crippen molar-refractivity contribution in [2.45, 2.75) is 71.7 Å². The summed E-state index contributed by atoms with van der Waals surface area (Å²) in [6, 6.07) is 0. The topological polar surface area (TPSA) is 66.8 Å². The van der Waals surface area contributed by atoms with Gasteiger partial charge in [-0.25, -0.2) is 4.79 Å². The van der Waals surface area contributed by atoms with Crippen LogP contribution in [-0.2, 0) is 9.53 Å². The molecular formula is C14H26O4. The van der Waals surface area contributed by atoms with E-state index in [2.05, 4.69) is 20.8 Å². The molecule has 0 radical (unpaired) electrons. The number of ether oxygens (including phenoxy) is 1. The number of hydrogen-bond donors (Lipinski definition) is 2. The van der Waals surface area contributed by atoms with Gasteiger partial charge in [0.15, 0.2) is 5.60 Å².